The van der Waals surface area contributed by atoms with Gasteiger partial charge in [0.05, 0.1) is 0 Å². The molecule has 2 rings (SSSR count). The summed E-state index contributed by atoms with van der Waals surface area (Å²) in [5.41, 5.74) is 0.311. The molecule has 0 saturated carbocycles. The first-order valence-corrected chi connectivity index (χ1v) is 5.99. The quantitative estimate of drug-likeness (QED) is 0.761. The Morgan fingerprint density at radius 3 is 2.39 bits per heavy atom. The smallest absolute Gasteiger partial charge is 0.419 e. The molecule has 0 aliphatic carbocycles. The van der Waals surface area contributed by atoms with Gasteiger partial charge in [-0.3, -0.25) is 0 Å². The Morgan fingerprint density at radius 1 is 1.28 bits per heavy atom. The maximum absolute atomic E-state index is 11.2. The van der Waals surface area contributed by atoms with Crippen LogP contribution in [0.15, 0.2) is 42.7 Å². The van der Waals surface area contributed by atoms with Crippen LogP contribution in [0.4, 0.5) is 4.79 Å². The highest BCUT2D eigenvalue weighted by Crippen LogP contribution is 2.40. The average Bonchev–Trinajstić information content (AvgIpc) is 2.52. The van der Waals surface area contributed by atoms with Gasteiger partial charge in [-0.15, -0.1) is 0 Å². The van der Waals surface area contributed by atoms with Crippen molar-refractivity contribution in [2.24, 2.45) is 0 Å². The summed E-state index contributed by atoms with van der Waals surface area (Å²) in [6, 6.07) is 10.1. The van der Waals surface area contributed by atoms with Gasteiger partial charge in [-0.1, -0.05) is 50.8 Å². The number of benzene rings is 1. The molecule has 0 N–H and O–H groups in total. The molecule has 3 nitrogen and oxygen atoms in total. The van der Waals surface area contributed by atoms with Crippen LogP contribution in [0.3, 0.4) is 0 Å². The lowest BCUT2D eigenvalue weighted by atomic mass is 9.75. The zero-order chi connectivity index (χ0) is 13.4. The van der Waals surface area contributed by atoms with Gasteiger partial charge in [0.2, 0.25) is 0 Å². The molecule has 0 aromatic heterocycles. The normalized spacial score (nSPS) is 23.7. The van der Waals surface area contributed by atoms with E-state index in [1.165, 1.54) is 5.56 Å². The van der Waals surface area contributed by atoms with Gasteiger partial charge in [-0.25, -0.2) is 4.79 Å². The van der Waals surface area contributed by atoms with Crippen LogP contribution >= 0.6 is 0 Å². The molecule has 1 atom stereocenters. The Bertz CT molecular complexity index is 476. The number of hydrogen-bond donors (Lipinski definition) is 0. The van der Waals surface area contributed by atoms with Crippen LogP contribution in [0.2, 0.25) is 0 Å². The summed E-state index contributed by atoms with van der Waals surface area (Å²) in [7, 11) is 0. The first kappa shape index (κ1) is 12.7. The first-order chi connectivity index (χ1) is 8.33. The standard InChI is InChI=1S/C15H18O3/c1-11-15(4,18-13(16)17-11)10-14(2,3)12-8-6-5-7-9-12/h5-9H,1,10H2,2-4H3/t15-/m0/s1. The van der Waals surface area contributed by atoms with Gasteiger partial charge in [0.25, 0.3) is 0 Å². The van der Waals surface area contributed by atoms with Gasteiger partial charge >= 0.3 is 6.16 Å². The summed E-state index contributed by atoms with van der Waals surface area (Å²) in [6.07, 6.45) is -0.0273. The molecular weight excluding hydrogens is 228 g/mol. The Kier molecular flexibility index (Phi) is 2.93. The summed E-state index contributed by atoms with van der Waals surface area (Å²) < 4.78 is 10.2. The molecule has 0 amide bonds. The number of cyclic esters (lactones) is 2. The average molecular weight is 246 g/mol. The molecule has 0 bridgehead atoms. The van der Waals surface area contributed by atoms with Crippen molar-refractivity contribution in [2.75, 3.05) is 0 Å². The summed E-state index contributed by atoms with van der Waals surface area (Å²) in [5, 5.41) is 0. The third-order valence-electron chi connectivity index (χ3n) is 3.44. The second kappa shape index (κ2) is 4.16. The van der Waals surface area contributed by atoms with E-state index in [-0.39, 0.29) is 5.41 Å². The molecule has 18 heavy (non-hydrogen) atoms. The molecule has 1 heterocycles. The van der Waals surface area contributed by atoms with Gasteiger partial charge in [0, 0.05) is 6.42 Å². The van der Waals surface area contributed by atoms with E-state index in [0.717, 1.165) is 0 Å². The highest BCUT2D eigenvalue weighted by Gasteiger charge is 2.46. The van der Waals surface area contributed by atoms with Crippen LogP contribution in [0.1, 0.15) is 32.8 Å². The first-order valence-electron chi connectivity index (χ1n) is 5.99. The highest BCUT2D eigenvalue weighted by atomic mass is 16.8. The molecule has 1 aliphatic rings. The predicted octanol–water partition coefficient (Wildman–Crippen LogP) is 3.79. The predicted molar refractivity (Wildman–Crippen MR) is 69.2 cm³/mol. The molecule has 3 heteroatoms. The molecule has 1 saturated heterocycles. The Hall–Kier alpha value is -1.77. The van der Waals surface area contributed by atoms with Crippen molar-refractivity contribution in [1.82, 2.24) is 0 Å². The van der Waals surface area contributed by atoms with Crippen LogP contribution < -0.4 is 0 Å². The Morgan fingerprint density at radius 2 is 1.89 bits per heavy atom. The number of carbonyl (C=O) groups is 1. The minimum absolute atomic E-state index is 0.132. The fourth-order valence-electron chi connectivity index (χ4n) is 2.44. The second-order valence-corrected chi connectivity index (χ2v) is 5.53. The van der Waals surface area contributed by atoms with E-state index in [1.807, 2.05) is 25.1 Å². The number of hydrogen-bond acceptors (Lipinski definition) is 3. The summed E-state index contributed by atoms with van der Waals surface area (Å²) in [4.78, 5) is 11.2. The number of carbonyl (C=O) groups excluding carboxylic acids is 1. The third kappa shape index (κ3) is 2.26. The fourth-order valence-corrected chi connectivity index (χ4v) is 2.44. The molecule has 0 radical (unpaired) electrons. The van der Waals surface area contributed by atoms with Crippen molar-refractivity contribution >= 4 is 6.16 Å². The topological polar surface area (TPSA) is 35.5 Å². The maximum atomic E-state index is 11.2. The van der Waals surface area contributed by atoms with Crippen molar-refractivity contribution in [1.29, 1.82) is 0 Å². The van der Waals surface area contributed by atoms with Crippen molar-refractivity contribution in [2.45, 2.75) is 38.2 Å². The molecule has 0 spiro atoms. The van der Waals surface area contributed by atoms with E-state index in [4.69, 9.17) is 9.47 Å². The van der Waals surface area contributed by atoms with Crippen molar-refractivity contribution < 1.29 is 14.3 Å². The van der Waals surface area contributed by atoms with Crippen LogP contribution in [-0.4, -0.2) is 11.8 Å². The zero-order valence-electron chi connectivity index (χ0n) is 11.0. The van der Waals surface area contributed by atoms with Crippen molar-refractivity contribution in [3.63, 3.8) is 0 Å². The number of rotatable bonds is 3. The maximum Gasteiger partial charge on any atom is 0.514 e. The fraction of sp³-hybridized carbons (Fsp3) is 0.400. The van der Waals surface area contributed by atoms with E-state index >= 15 is 0 Å². The minimum atomic E-state index is -0.754. The van der Waals surface area contributed by atoms with E-state index in [1.54, 1.807) is 0 Å². The van der Waals surface area contributed by atoms with Gasteiger partial charge in [-0.05, 0) is 17.9 Å². The lowest BCUT2D eigenvalue weighted by molar-refractivity contribution is 0.0585. The largest absolute Gasteiger partial charge is 0.514 e. The lowest BCUT2D eigenvalue weighted by Crippen LogP contribution is -2.34. The van der Waals surface area contributed by atoms with Gasteiger partial charge < -0.3 is 9.47 Å². The lowest BCUT2D eigenvalue weighted by Gasteiger charge is -2.32. The highest BCUT2D eigenvalue weighted by molar-refractivity contribution is 5.66. The van der Waals surface area contributed by atoms with Crippen molar-refractivity contribution in [3.05, 3.63) is 48.2 Å². The molecule has 1 aliphatic heterocycles. The monoisotopic (exact) mass is 246 g/mol. The summed E-state index contributed by atoms with van der Waals surface area (Å²) in [6.45, 7) is 9.84. The van der Waals surface area contributed by atoms with Crippen LogP contribution in [0.5, 0.6) is 0 Å². The van der Waals surface area contributed by atoms with Crippen LogP contribution in [0.25, 0.3) is 0 Å². The minimum Gasteiger partial charge on any atom is -0.419 e. The molecule has 1 aromatic rings. The molecular formula is C15H18O3. The zero-order valence-corrected chi connectivity index (χ0v) is 11.0. The van der Waals surface area contributed by atoms with Crippen molar-refractivity contribution in [3.8, 4) is 0 Å². The Balaban J connectivity index is 2.23. The van der Waals surface area contributed by atoms with Crippen LogP contribution in [-0.2, 0) is 14.9 Å². The Labute approximate surface area is 107 Å². The van der Waals surface area contributed by atoms with E-state index in [0.29, 0.717) is 12.2 Å². The third-order valence-corrected chi connectivity index (χ3v) is 3.44. The summed E-state index contributed by atoms with van der Waals surface area (Å²) >= 11 is 0. The van der Waals surface area contributed by atoms with Gasteiger partial charge in [0.1, 0.15) is 5.76 Å². The molecule has 96 valence electrons. The van der Waals surface area contributed by atoms with Gasteiger partial charge in [-0.2, -0.15) is 0 Å². The SMILES string of the molecule is C=C1OC(=O)O[C@@]1(C)CC(C)(C)c1ccccc1. The molecule has 1 fully saturated rings. The number of ether oxygens (including phenoxy) is 2. The van der Waals surface area contributed by atoms with E-state index in [9.17, 15) is 4.79 Å². The van der Waals surface area contributed by atoms with Crippen LogP contribution in [0, 0.1) is 0 Å². The summed E-state index contributed by atoms with van der Waals surface area (Å²) in [5.74, 6) is 0.386. The molecule has 1 aromatic carbocycles. The van der Waals surface area contributed by atoms with E-state index in [2.05, 4.69) is 32.6 Å². The second-order valence-electron chi connectivity index (χ2n) is 5.53. The van der Waals surface area contributed by atoms with E-state index < -0.39 is 11.8 Å². The molecule has 0 unspecified atom stereocenters. The van der Waals surface area contributed by atoms with Gasteiger partial charge in [0.15, 0.2) is 5.60 Å².